The highest BCUT2D eigenvalue weighted by molar-refractivity contribution is 14.0. The molecule has 6 nitrogen and oxygen atoms in total. The van der Waals surface area contributed by atoms with E-state index in [9.17, 15) is 8.42 Å². The lowest BCUT2D eigenvalue weighted by molar-refractivity contribution is 0.491. The van der Waals surface area contributed by atoms with E-state index < -0.39 is 15.6 Å². The lowest BCUT2D eigenvalue weighted by Crippen LogP contribution is -2.40. The van der Waals surface area contributed by atoms with Crippen LogP contribution in [-0.2, 0) is 16.6 Å². The highest BCUT2D eigenvalue weighted by Crippen LogP contribution is 2.20. The van der Waals surface area contributed by atoms with Crippen molar-refractivity contribution in [1.29, 1.82) is 0 Å². The first-order valence-corrected chi connectivity index (χ1v) is 10.7. The van der Waals surface area contributed by atoms with Crippen molar-refractivity contribution in [2.75, 3.05) is 5.32 Å². The molecule has 0 radical (unpaired) electrons. The van der Waals surface area contributed by atoms with E-state index in [2.05, 4.69) is 34.9 Å². The number of halogens is 1. The van der Waals surface area contributed by atoms with E-state index in [1.807, 2.05) is 18.2 Å². The van der Waals surface area contributed by atoms with Crippen LogP contribution in [0.3, 0.4) is 0 Å². The monoisotopic (exact) mass is 530 g/mol. The summed E-state index contributed by atoms with van der Waals surface area (Å²) in [6, 6.07) is 14.8. The van der Waals surface area contributed by atoms with Crippen LogP contribution in [0.1, 0.15) is 51.7 Å². The fourth-order valence-electron chi connectivity index (χ4n) is 2.69. The van der Waals surface area contributed by atoms with Gasteiger partial charge in [-0.3, -0.25) is 0 Å². The third-order valence-corrected chi connectivity index (χ3v) is 5.81. The zero-order chi connectivity index (χ0) is 20.9. The summed E-state index contributed by atoms with van der Waals surface area (Å²) in [6.07, 6.45) is 0. The minimum atomic E-state index is -3.65. The molecule has 4 N–H and O–H groups in total. The van der Waals surface area contributed by atoms with Crippen molar-refractivity contribution in [3.05, 3.63) is 59.7 Å². The highest BCUT2D eigenvalue weighted by Gasteiger charge is 2.24. The molecule has 0 spiro atoms. The molecule has 0 aliphatic heterocycles. The fourth-order valence-corrected chi connectivity index (χ4v) is 4.34. The molecule has 0 aromatic heterocycles. The maximum Gasteiger partial charge on any atom is 0.241 e. The number of hydrogen-bond donors (Lipinski definition) is 3. The molecule has 0 heterocycles. The van der Waals surface area contributed by atoms with Gasteiger partial charge in [-0.15, -0.1) is 24.0 Å². The molecule has 0 aliphatic carbocycles. The van der Waals surface area contributed by atoms with E-state index in [0.717, 1.165) is 5.69 Å². The predicted molar refractivity (Wildman–Crippen MR) is 131 cm³/mol. The van der Waals surface area contributed by atoms with Crippen LogP contribution in [-0.4, -0.2) is 19.9 Å². The predicted octanol–water partition coefficient (Wildman–Crippen LogP) is 4.43. The molecule has 0 amide bonds. The van der Waals surface area contributed by atoms with Gasteiger partial charge >= 0.3 is 0 Å². The number of hydrogen-bond acceptors (Lipinski definition) is 3. The van der Waals surface area contributed by atoms with Crippen LogP contribution in [0.5, 0.6) is 0 Å². The summed E-state index contributed by atoms with van der Waals surface area (Å²) < 4.78 is 28.1. The Labute approximate surface area is 191 Å². The lowest BCUT2D eigenvalue weighted by atomic mass is 10.0. The SMILES string of the molecule is CC(C)c1cccc(NC(N)=NCc2ccccc2S(=O)(=O)NC(C)(C)C)c1.I. The third-order valence-electron chi connectivity index (χ3n) is 3.95. The van der Waals surface area contributed by atoms with Gasteiger partial charge in [0, 0.05) is 11.2 Å². The second-order valence-corrected chi connectivity index (χ2v) is 9.72. The molecule has 2 aromatic carbocycles. The van der Waals surface area contributed by atoms with Crippen molar-refractivity contribution in [3.8, 4) is 0 Å². The van der Waals surface area contributed by atoms with Gasteiger partial charge in [0.15, 0.2) is 5.96 Å². The van der Waals surface area contributed by atoms with Crippen molar-refractivity contribution < 1.29 is 8.42 Å². The van der Waals surface area contributed by atoms with Crippen LogP contribution in [0.4, 0.5) is 5.69 Å². The Morgan fingerprint density at radius 3 is 2.38 bits per heavy atom. The Kier molecular flexibility index (Phi) is 9.10. The molecule has 0 saturated heterocycles. The van der Waals surface area contributed by atoms with Gasteiger partial charge in [0.05, 0.1) is 11.4 Å². The molecule has 0 unspecified atom stereocenters. The van der Waals surface area contributed by atoms with Gasteiger partial charge in [0.2, 0.25) is 10.0 Å². The largest absolute Gasteiger partial charge is 0.370 e. The number of nitrogens with one attached hydrogen (secondary N) is 2. The van der Waals surface area contributed by atoms with Crippen molar-refractivity contribution in [1.82, 2.24) is 4.72 Å². The first kappa shape index (κ1) is 25.4. The van der Waals surface area contributed by atoms with E-state index >= 15 is 0 Å². The third kappa shape index (κ3) is 7.94. The van der Waals surface area contributed by atoms with E-state index in [0.29, 0.717) is 11.5 Å². The van der Waals surface area contributed by atoms with Gasteiger partial charge in [-0.25, -0.2) is 18.1 Å². The zero-order valence-electron chi connectivity index (χ0n) is 17.6. The van der Waals surface area contributed by atoms with Crippen LogP contribution < -0.4 is 15.8 Å². The number of guanidine groups is 1. The van der Waals surface area contributed by atoms with E-state index in [1.54, 1.807) is 45.0 Å². The van der Waals surface area contributed by atoms with Crippen molar-refractivity contribution in [2.45, 2.75) is 57.5 Å². The molecule has 0 saturated carbocycles. The van der Waals surface area contributed by atoms with Crippen LogP contribution in [0, 0.1) is 0 Å². The molecule has 0 fully saturated rings. The Bertz CT molecular complexity index is 951. The number of rotatable bonds is 6. The second-order valence-electron chi connectivity index (χ2n) is 8.07. The van der Waals surface area contributed by atoms with Gasteiger partial charge in [-0.05, 0) is 56.0 Å². The summed E-state index contributed by atoms with van der Waals surface area (Å²) in [7, 11) is -3.65. The molecule has 8 heteroatoms. The number of aliphatic imine (C=N–C) groups is 1. The van der Waals surface area contributed by atoms with Gasteiger partial charge in [0.1, 0.15) is 0 Å². The maximum atomic E-state index is 12.7. The van der Waals surface area contributed by atoms with Crippen LogP contribution in [0.25, 0.3) is 0 Å². The van der Waals surface area contributed by atoms with Crippen molar-refractivity contribution >= 4 is 45.6 Å². The van der Waals surface area contributed by atoms with Gasteiger partial charge in [-0.1, -0.05) is 44.2 Å². The quantitative estimate of drug-likeness (QED) is 0.293. The second kappa shape index (κ2) is 10.4. The molecule has 2 rings (SSSR count). The summed E-state index contributed by atoms with van der Waals surface area (Å²) in [6.45, 7) is 9.82. The number of sulfonamides is 1. The van der Waals surface area contributed by atoms with E-state index in [1.165, 1.54) is 5.56 Å². The van der Waals surface area contributed by atoms with Crippen molar-refractivity contribution in [3.63, 3.8) is 0 Å². The Morgan fingerprint density at radius 1 is 1.10 bits per heavy atom. The number of benzene rings is 2. The van der Waals surface area contributed by atoms with Crippen LogP contribution >= 0.6 is 24.0 Å². The Balaban J connectivity index is 0.00000420. The molecule has 2 aromatic rings. The van der Waals surface area contributed by atoms with Gasteiger partial charge in [-0.2, -0.15) is 0 Å². The molecular formula is C21H31IN4O2S. The standard InChI is InChI=1S/C21H30N4O2S.HI/c1-15(2)16-10-8-11-18(13-16)24-20(22)23-14-17-9-6-7-12-19(17)28(26,27)25-21(3,4)5;/h6-13,15,25H,14H2,1-5H3,(H3,22,23,24);1H. The number of nitrogens with two attached hydrogens (primary N) is 1. The van der Waals surface area contributed by atoms with Crippen LogP contribution in [0.2, 0.25) is 0 Å². The minimum absolute atomic E-state index is 0. The number of nitrogens with zero attached hydrogens (tertiary/aromatic N) is 1. The molecular weight excluding hydrogens is 499 g/mol. The summed E-state index contributed by atoms with van der Waals surface area (Å²) in [5.41, 5.74) is 8.07. The Morgan fingerprint density at radius 2 is 1.76 bits per heavy atom. The first-order valence-electron chi connectivity index (χ1n) is 9.27. The molecule has 0 bridgehead atoms. The summed E-state index contributed by atoms with van der Waals surface area (Å²) in [4.78, 5) is 4.54. The molecule has 0 atom stereocenters. The molecule has 160 valence electrons. The van der Waals surface area contributed by atoms with Crippen LogP contribution in [0.15, 0.2) is 58.4 Å². The topological polar surface area (TPSA) is 96.6 Å². The summed E-state index contributed by atoms with van der Waals surface area (Å²) in [5.74, 6) is 0.643. The smallest absolute Gasteiger partial charge is 0.241 e. The first-order chi connectivity index (χ1) is 13.0. The summed E-state index contributed by atoms with van der Waals surface area (Å²) in [5, 5.41) is 3.07. The average molecular weight is 530 g/mol. The number of anilines is 1. The van der Waals surface area contributed by atoms with Gasteiger partial charge < -0.3 is 11.1 Å². The molecule has 29 heavy (non-hydrogen) atoms. The molecule has 0 aliphatic rings. The average Bonchev–Trinajstić information content (AvgIpc) is 2.58. The highest BCUT2D eigenvalue weighted by atomic mass is 127. The normalized spacial score (nSPS) is 12.6. The summed E-state index contributed by atoms with van der Waals surface area (Å²) >= 11 is 0. The minimum Gasteiger partial charge on any atom is -0.370 e. The van der Waals surface area contributed by atoms with E-state index in [4.69, 9.17) is 5.73 Å². The Hall–Kier alpha value is -1.65. The van der Waals surface area contributed by atoms with Crippen molar-refractivity contribution in [2.24, 2.45) is 10.7 Å². The fraction of sp³-hybridized carbons (Fsp3) is 0.381. The van der Waals surface area contributed by atoms with Gasteiger partial charge in [0.25, 0.3) is 0 Å². The maximum absolute atomic E-state index is 12.7. The zero-order valence-corrected chi connectivity index (χ0v) is 20.7. The lowest BCUT2D eigenvalue weighted by Gasteiger charge is -2.21. The van der Waals surface area contributed by atoms with E-state index in [-0.39, 0.29) is 41.4 Å².